The summed E-state index contributed by atoms with van der Waals surface area (Å²) >= 11 is 6.34. The topological polar surface area (TPSA) is 63.7 Å². The molecular formula is C34H23ClFNO4. The van der Waals surface area contributed by atoms with E-state index in [0.29, 0.717) is 33.1 Å². The number of anilines is 1. The highest BCUT2D eigenvalue weighted by molar-refractivity contribution is 6.32. The Morgan fingerprint density at radius 2 is 1.56 bits per heavy atom. The number of nitrogens with zero attached hydrogens (tertiary/aromatic N) is 1. The highest BCUT2D eigenvalue weighted by Crippen LogP contribution is 2.61. The molecule has 1 aliphatic carbocycles. The zero-order chi connectivity index (χ0) is 28.5. The van der Waals surface area contributed by atoms with Gasteiger partial charge >= 0.3 is 0 Å². The van der Waals surface area contributed by atoms with E-state index in [-0.39, 0.29) is 22.9 Å². The van der Waals surface area contributed by atoms with Crippen LogP contribution in [0.2, 0.25) is 5.02 Å². The first-order chi connectivity index (χ1) is 19.9. The molecule has 202 valence electrons. The van der Waals surface area contributed by atoms with Crippen molar-refractivity contribution >= 4 is 40.7 Å². The molecule has 2 heterocycles. The van der Waals surface area contributed by atoms with Gasteiger partial charge in [-0.1, -0.05) is 60.2 Å². The molecule has 7 heteroatoms. The molecule has 0 radical (unpaired) electrons. The van der Waals surface area contributed by atoms with Crippen LogP contribution in [0.4, 0.5) is 10.1 Å². The van der Waals surface area contributed by atoms with E-state index in [0.717, 1.165) is 5.56 Å². The standard InChI is InChI=1S/C34H23ClFNO4/c1-41-24-14-8-19(9-15-24)29-30(31(38)20-6-12-23(36)13-7-20)37-27-16-11-22(35)18-21(27)10-17-28(37)34(29)32(39)25-4-2-3-5-26(25)33(34)40/h2-18,28-30H,1H3/t28-,29+,30-/m0/s1. The van der Waals surface area contributed by atoms with Gasteiger partial charge in [0, 0.05) is 33.3 Å². The second-order valence-electron chi connectivity index (χ2n) is 10.6. The maximum Gasteiger partial charge on any atom is 0.185 e. The van der Waals surface area contributed by atoms with E-state index in [1.807, 2.05) is 35.3 Å². The summed E-state index contributed by atoms with van der Waals surface area (Å²) in [5.74, 6) is -1.68. The molecule has 1 saturated heterocycles. The van der Waals surface area contributed by atoms with Crippen LogP contribution in [0.3, 0.4) is 0 Å². The molecule has 0 aromatic heterocycles. The number of fused-ring (bicyclic) bond motifs is 5. The van der Waals surface area contributed by atoms with Crippen LogP contribution in [0, 0.1) is 11.2 Å². The number of ether oxygens (including phenoxy) is 1. The van der Waals surface area contributed by atoms with E-state index in [1.54, 1.807) is 55.6 Å². The average Bonchev–Trinajstić information content (AvgIpc) is 3.43. The Labute approximate surface area is 240 Å². The average molecular weight is 564 g/mol. The van der Waals surface area contributed by atoms with Crippen molar-refractivity contribution in [2.45, 2.75) is 18.0 Å². The predicted octanol–water partition coefficient (Wildman–Crippen LogP) is 6.80. The molecule has 5 nitrogen and oxygen atoms in total. The molecule has 2 aliphatic heterocycles. The largest absolute Gasteiger partial charge is 0.497 e. The fourth-order valence-corrected chi connectivity index (χ4v) is 7.10. The van der Waals surface area contributed by atoms with Gasteiger partial charge < -0.3 is 9.64 Å². The van der Waals surface area contributed by atoms with Crippen LogP contribution in [0.15, 0.2) is 97.1 Å². The molecule has 0 N–H and O–H groups in total. The first kappa shape index (κ1) is 25.4. The number of carbonyl (C=O) groups excluding carboxylic acids is 3. The Kier molecular flexibility index (Phi) is 5.73. The van der Waals surface area contributed by atoms with Gasteiger partial charge in [-0.3, -0.25) is 14.4 Å². The van der Waals surface area contributed by atoms with E-state index >= 15 is 0 Å². The third kappa shape index (κ3) is 3.50. The number of ketones is 3. The molecule has 1 fully saturated rings. The summed E-state index contributed by atoms with van der Waals surface area (Å²) in [7, 11) is 1.56. The zero-order valence-electron chi connectivity index (χ0n) is 21.9. The SMILES string of the molecule is COc1ccc([C@@H]2[C@@H](C(=O)c3ccc(F)cc3)N3c4ccc(Cl)cc4C=C[C@H]3C23C(=O)c2ccccc2C3=O)cc1. The molecule has 0 bridgehead atoms. The normalized spacial score (nSPS) is 21.5. The lowest BCUT2D eigenvalue weighted by Crippen LogP contribution is -2.48. The Balaban J connectivity index is 1.54. The first-order valence-corrected chi connectivity index (χ1v) is 13.6. The Hall–Kier alpha value is -4.55. The van der Waals surface area contributed by atoms with Gasteiger partial charge in [-0.25, -0.2) is 4.39 Å². The number of Topliss-reactive ketones (excluding diaryl/α,β-unsaturated/α-hetero) is 3. The summed E-state index contributed by atoms with van der Waals surface area (Å²) < 4.78 is 19.3. The lowest BCUT2D eigenvalue weighted by molar-refractivity contribution is 0.0666. The van der Waals surface area contributed by atoms with E-state index in [9.17, 15) is 18.8 Å². The second kappa shape index (κ2) is 9.25. The molecule has 4 aromatic carbocycles. The third-order valence-electron chi connectivity index (χ3n) is 8.64. The summed E-state index contributed by atoms with van der Waals surface area (Å²) in [6, 6.07) is 23.0. The third-order valence-corrected chi connectivity index (χ3v) is 8.87. The quantitative estimate of drug-likeness (QED) is 0.202. The van der Waals surface area contributed by atoms with Crippen molar-refractivity contribution in [2.75, 3.05) is 12.0 Å². The summed E-state index contributed by atoms with van der Waals surface area (Å²) in [6.45, 7) is 0. The van der Waals surface area contributed by atoms with Crippen LogP contribution >= 0.6 is 11.6 Å². The van der Waals surface area contributed by atoms with Crippen LogP contribution in [-0.4, -0.2) is 36.5 Å². The van der Waals surface area contributed by atoms with Crippen LogP contribution in [0.5, 0.6) is 5.75 Å². The molecule has 41 heavy (non-hydrogen) atoms. The van der Waals surface area contributed by atoms with Crippen LogP contribution in [0.1, 0.15) is 48.1 Å². The van der Waals surface area contributed by atoms with E-state index in [4.69, 9.17) is 16.3 Å². The minimum atomic E-state index is -1.62. The van der Waals surface area contributed by atoms with E-state index < -0.39 is 29.2 Å². The maximum absolute atomic E-state index is 14.6. The summed E-state index contributed by atoms with van der Waals surface area (Å²) in [4.78, 5) is 45.7. The van der Waals surface area contributed by atoms with Crippen molar-refractivity contribution in [2.24, 2.45) is 5.41 Å². The predicted molar refractivity (Wildman–Crippen MR) is 155 cm³/mol. The van der Waals surface area contributed by atoms with Gasteiger partial charge in [0.1, 0.15) is 23.0 Å². The number of hydrogen-bond acceptors (Lipinski definition) is 5. The smallest absolute Gasteiger partial charge is 0.185 e. The number of methoxy groups -OCH3 is 1. The molecule has 4 aromatic rings. The first-order valence-electron chi connectivity index (χ1n) is 13.2. The Bertz CT molecular complexity index is 1740. The van der Waals surface area contributed by atoms with Crippen molar-refractivity contribution in [1.82, 2.24) is 0 Å². The second-order valence-corrected chi connectivity index (χ2v) is 11.0. The summed E-state index contributed by atoms with van der Waals surface area (Å²) in [5, 5.41) is 0.523. The fourth-order valence-electron chi connectivity index (χ4n) is 6.92. The van der Waals surface area contributed by atoms with Gasteiger partial charge in [-0.2, -0.15) is 0 Å². The zero-order valence-corrected chi connectivity index (χ0v) is 22.6. The number of benzene rings is 4. The molecule has 3 aliphatic rings. The van der Waals surface area contributed by atoms with Gasteiger partial charge in [0.25, 0.3) is 0 Å². The van der Waals surface area contributed by atoms with Crippen LogP contribution in [0.25, 0.3) is 6.08 Å². The van der Waals surface area contributed by atoms with Crippen molar-refractivity contribution in [3.05, 3.63) is 136 Å². The number of rotatable bonds is 4. The van der Waals surface area contributed by atoms with Crippen molar-refractivity contribution in [3.8, 4) is 5.75 Å². The van der Waals surface area contributed by atoms with Gasteiger partial charge in [0.2, 0.25) is 0 Å². The molecule has 1 spiro atoms. The minimum absolute atomic E-state index is 0.284. The number of halogens is 2. The Morgan fingerprint density at radius 3 is 2.20 bits per heavy atom. The monoisotopic (exact) mass is 563 g/mol. The molecule has 3 atom stereocenters. The summed E-state index contributed by atoms with van der Waals surface area (Å²) in [5.41, 5.74) is 1.47. The van der Waals surface area contributed by atoms with E-state index in [1.165, 1.54) is 24.3 Å². The maximum atomic E-state index is 14.6. The van der Waals surface area contributed by atoms with Crippen molar-refractivity contribution in [1.29, 1.82) is 0 Å². The molecule has 0 unspecified atom stereocenters. The fraction of sp³-hybridized carbons (Fsp3) is 0.147. The highest BCUT2D eigenvalue weighted by Gasteiger charge is 2.71. The summed E-state index contributed by atoms with van der Waals surface area (Å²) in [6.07, 6.45) is 3.71. The Morgan fingerprint density at radius 1 is 0.902 bits per heavy atom. The number of hydrogen-bond donors (Lipinski definition) is 0. The lowest BCUT2D eigenvalue weighted by Gasteiger charge is -2.37. The molecular weight excluding hydrogens is 541 g/mol. The van der Waals surface area contributed by atoms with E-state index in [2.05, 4.69) is 0 Å². The van der Waals surface area contributed by atoms with Gasteiger partial charge in [-0.15, -0.1) is 0 Å². The van der Waals surface area contributed by atoms with Gasteiger partial charge in [-0.05, 0) is 65.7 Å². The molecule has 0 amide bonds. The van der Waals surface area contributed by atoms with Crippen molar-refractivity contribution < 1.29 is 23.5 Å². The lowest BCUT2D eigenvalue weighted by atomic mass is 9.64. The van der Waals surface area contributed by atoms with Crippen LogP contribution < -0.4 is 9.64 Å². The minimum Gasteiger partial charge on any atom is -0.497 e. The van der Waals surface area contributed by atoms with Crippen LogP contribution in [-0.2, 0) is 0 Å². The number of carbonyl (C=O) groups is 3. The van der Waals surface area contributed by atoms with Crippen molar-refractivity contribution in [3.63, 3.8) is 0 Å². The highest BCUT2D eigenvalue weighted by atomic mass is 35.5. The van der Waals surface area contributed by atoms with Gasteiger partial charge in [0.05, 0.1) is 13.2 Å². The van der Waals surface area contributed by atoms with Gasteiger partial charge in [0.15, 0.2) is 17.3 Å². The molecule has 7 rings (SSSR count). The molecule has 0 saturated carbocycles.